The van der Waals surface area contributed by atoms with Crippen LogP contribution in [0.3, 0.4) is 0 Å². The van der Waals surface area contributed by atoms with Gasteiger partial charge in [0.05, 0.1) is 30.2 Å². The van der Waals surface area contributed by atoms with Crippen molar-refractivity contribution < 1.29 is 14.3 Å². The lowest BCUT2D eigenvalue weighted by atomic mass is 9.99. The number of likely N-dealkylation sites (tertiary alicyclic amines) is 1. The molecule has 1 fully saturated rings. The van der Waals surface area contributed by atoms with Gasteiger partial charge in [-0.1, -0.05) is 12.1 Å². The van der Waals surface area contributed by atoms with Crippen LogP contribution in [0.4, 0.5) is 0 Å². The molecule has 3 rings (SSSR count). The maximum absolute atomic E-state index is 11.9. The summed E-state index contributed by atoms with van der Waals surface area (Å²) in [4.78, 5) is 21.6. The van der Waals surface area contributed by atoms with Gasteiger partial charge in [0.15, 0.2) is 0 Å². The van der Waals surface area contributed by atoms with Gasteiger partial charge in [0.25, 0.3) is 0 Å². The Morgan fingerprint density at radius 1 is 1.38 bits per heavy atom. The number of nitrogens with one attached hydrogen (secondary N) is 1. The number of hydrogen-bond acceptors (Lipinski definition) is 4. The SMILES string of the molecule is COCCOCC(=O)N1CC(c2nc3ccccc3[nH]2)C1. The molecule has 1 aliphatic rings. The number of imidazole rings is 1. The van der Waals surface area contributed by atoms with Crippen LogP contribution in [0.25, 0.3) is 11.0 Å². The minimum Gasteiger partial charge on any atom is -0.382 e. The number of H-pyrrole nitrogens is 1. The van der Waals surface area contributed by atoms with Crippen molar-refractivity contribution in [3.63, 3.8) is 0 Å². The number of hydrogen-bond donors (Lipinski definition) is 1. The number of aromatic nitrogens is 2. The third-order valence-corrected chi connectivity index (χ3v) is 3.69. The second-order valence-electron chi connectivity index (χ2n) is 5.18. The smallest absolute Gasteiger partial charge is 0.248 e. The summed E-state index contributed by atoms with van der Waals surface area (Å²) >= 11 is 0. The highest BCUT2D eigenvalue weighted by Crippen LogP contribution is 2.26. The van der Waals surface area contributed by atoms with E-state index in [1.165, 1.54) is 0 Å². The van der Waals surface area contributed by atoms with Crippen molar-refractivity contribution in [3.8, 4) is 0 Å². The molecule has 1 N–H and O–H groups in total. The van der Waals surface area contributed by atoms with Gasteiger partial charge >= 0.3 is 0 Å². The molecule has 0 bridgehead atoms. The van der Waals surface area contributed by atoms with Crippen LogP contribution in [0, 0.1) is 0 Å². The number of fused-ring (bicyclic) bond motifs is 1. The van der Waals surface area contributed by atoms with E-state index in [4.69, 9.17) is 9.47 Å². The number of carbonyl (C=O) groups is 1. The van der Waals surface area contributed by atoms with Gasteiger partial charge in [0.1, 0.15) is 12.4 Å². The largest absolute Gasteiger partial charge is 0.382 e. The summed E-state index contributed by atoms with van der Waals surface area (Å²) in [5.41, 5.74) is 2.01. The van der Waals surface area contributed by atoms with E-state index in [0.717, 1.165) is 16.9 Å². The summed E-state index contributed by atoms with van der Waals surface area (Å²) in [6.45, 7) is 2.48. The monoisotopic (exact) mass is 289 g/mol. The van der Waals surface area contributed by atoms with Crippen molar-refractivity contribution in [1.82, 2.24) is 14.9 Å². The molecule has 2 aromatic rings. The molecule has 1 amide bonds. The molecule has 0 spiro atoms. The normalized spacial score (nSPS) is 15.4. The first kappa shape index (κ1) is 14.0. The summed E-state index contributed by atoms with van der Waals surface area (Å²) < 4.78 is 10.1. The number of ether oxygens (including phenoxy) is 2. The molecule has 0 aliphatic carbocycles. The minimum absolute atomic E-state index is 0.0264. The first-order chi connectivity index (χ1) is 10.3. The van der Waals surface area contributed by atoms with E-state index in [1.807, 2.05) is 24.3 Å². The Balaban J connectivity index is 1.49. The van der Waals surface area contributed by atoms with Gasteiger partial charge in [0, 0.05) is 20.2 Å². The summed E-state index contributed by atoms with van der Waals surface area (Å²) in [6, 6.07) is 7.96. The maximum Gasteiger partial charge on any atom is 0.248 e. The first-order valence-corrected chi connectivity index (χ1v) is 7.07. The Bertz CT molecular complexity index is 586. The predicted molar refractivity (Wildman–Crippen MR) is 78.1 cm³/mol. The second kappa shape index (κ2) is 6.24. The van der Waals surface area contributed by atoms with Gasteiger partial charge in [-0.15, -0.1) is 0 Å². The van der Waals surface area contributed by atoms with E-state index in [-0.39, 0.29) is 12.5 Å². The zero-order valence-corrected chi connectivity index (χ0v) is 12.0. The van der Waals surface area contributed by atoms with Crippen LogP contribution in [0.1, 0.15) is 11.7 Å². The summed E-state index contributed by atoms with van der Waals surface area (Å²) in [6.07, 6.45) is 0. The molecule has 1 aromatic heterocycles. The molecule has 6 heteroatoms. The van der Waals surface area contributed by atoms with Crippen LogP contribution in [0.2, 0.25) is 0 Å². The van der Waals surface area contributed by atoms with Crippen molar-refractivity contribution in [2.45, 2.75) is 5.92 Å². The Morgan fingerprint density at radius 2 is 2.19 bits per heavy atom. The third kappa shape index (κ3) is 3.06. The number of nitrogens with zero attached hydrogens (tertiary/aromatic N) is 2. The van der Waals surface area contributed by atoms with E-state index < -0.39 is 0 Å². The van der Waals surface area contributed by atoms with Crippen molar-refractivity contribution in [3.05, 3.63) is 30.1 Å². The van der Waals surface area contributed by atoms with Crippen LogP contribution in [0.15, 0.2) is 24.3 Å². The summed E-state index contributed by atoms with van der Waals surface area (Å²) in [7, 11) is 1.61. The van der Waals surface area contributed by atoms with Gasteiger partial charge in [-0.2, -0.15) is 0 Å². The summed E-state index contributed by atoms with van der Waals surface area (Å²) in [5, 5.41) is 0. The van der Waals surface area contributed by atoms with Gasteiger partial charge in [-0.3, -0.25) is 4.79 Å². The molecular formula is C15H19N3O3. The number of para-hydroxylation sites is 2. The van der Waals surface area contributed by atoms with Gasteiger partial charge in [0.2, 0.25) is 5.91 Å². The summed E-state index contributed by atoms with van der Waals surface area (Å²) in [5.74, 6) is 1.28. The fourth-order valence-electron chi connectivity index (χ4n) is 2.41. The molecule has 0 unspecified atom stereocenters. The molecule has 0 saturated carbocycles. The van der Waals surface area contributed by atoms with Crippen molar-refractivity contribution >= 4 is 16.9 Å². The Morgan fingerprint density at radius 3 is 2.95 bits per heavy atom. The van der Waals surface area contributed by atoms with E-state index in [1.54, 1.807) is 12.0 Å². The molecule has 2 heterocycles. The van der Waals surface area contributed by atoms with Crippen molar-refractivity contribution in [2.24, 2.45) is 0 Å². The minimum atomic E-state index is 0.0264. The molecular weight excluding hydrogens is 270 g/mol. The molecule has 0 radical (unpaired) electrons. The number of rotatable bonds is 6. The molecule has 1 aromatic carbocycles. The fourth-order valence-corrected chi connectivity index (χ4v) is 2.41. The number of methoxy groups -OCH3 is 1. The lowest BCUT2D eigenvalue weighted by Crippen LogP contribution is -2.50. The predicted octanol–water partition coefficient (Wildman–Crippen LogP) is 1.15. The topological polar surface area (TPSA) is 67.5 Å². The van der Waals surface area contributed by atoms with Crippen LogP contribution in [-0.4, -0.2) is 60.8 Å². The van der Waals surface area contributed by atoms with Crippen LogP contribution < -0.4 is 0 Å². The van der Waals surface area contributed by atoms with Crippen molar-refractivity contribution in [2.75, 3.05) is 40.0 Å². The molecule has 1 saturated heterocycles. The third-order valence-electron chi connectivity index (χ3n) is 3.69. The molecule has 0 atom stereocenters. The Labute approximate surface area is 123 Å². The van der Waals surface area contributed by atoms with Crippen molar-refractivity contribution in [1.29, 1.82) is 0 Å². The number of benzene rings is 1. The Hall–Kier alpha value is -1.92. The van der Waals surface area contributed by atoms with Crippen LogP contribution in [0.5, 0.6) is 0 Å². The highest BCUT2D eigenvalue weighted by molar-refractivity contribution is 5.79. The van der Waals surface area contributed by atoms with E-state index in [0.29, 0.717) is 32.2 Å². The molecule has 112 valence electrons. The lowest BCUT2D eigenvalue weighted by Gasteiger charge is -2.38. The molecule has 1 aliphatic heterocycles. The zero-order chi connectivity index (χ0) is 14.7. The van der Waals surface area contributed by atoms with Crippen LogP contribution in [-0.2, 0) is 14.3 Å². The van der Waals surface area contributed by atoms with Gasteiger partial charge in [-0.05, 0) is 12.1 Å². The first-order valence-electron chi connectivity index (χ1n) is 7.07. The Kier molecular flexibility index (Phi) is 4.17. The second-order valence-corrected chi connectivity index (χ2v) is 5.18. The van der Waals surface area contributed by atoms with E-state index in [9.17, 15) is 4.79 Å². The number of amides is 1. The average Bonchev–Trinajstić information content (AvgIpc) is 2.85. The highest BCUT2D eigenvalue weighted by atomic mass is 16.5. The van der Waals surface area contributed by atoms with Gasteiger partial charge in [-0.25, -0.2) is 4.98 Å². The fraction of sp³-hybridized carbons (Fsp3) is 0.467. The highest BCUT2D eigenvalue weighted by Gasteiger charge is 2.33. The van der Waals surface area contributed by atoms with E-state index in [2.05, 4.69) is 9.97 Å². The molecule has 21 heavy (non-hydrogen) atoms. The standard InChI is InChI=1S/C15H19N3O3/c1-20-6-7-21-10-14(19)18-8-11(9-18)15-16-12-4-2-3-5-13(12)17-15/h2-5,11H,6-10H2,1H3,(H,16,17). The maximum atomic E-state index is 11.9. The quantitative estimate of drug-likeness (QED) is 0.810. The van der Waals surface area contributed by atoms with Crippen LogP contribution >= 0.6 is 0 Å². The van der Waals surface area contributed by atoms with Gasteiger partial charge < -0.3 is 19.4 Å². The van der Waals surface area contributed by atoms with E-state index >= 15 is 0 Å². The number of aromatic amines is 1. The average molecular weight is 289 g/mol. The molecule has 6 nitrogen and oxygen atoms in total. The zero-order valence-electron chi connectivity index (χ0n) is 12.0. The number of carbonyl (C=O) groups excluding carboxylic acids is 1. The lowest BCUT2D eigenvalue weighted by molar-refractivity contribution is -0.141.